The van der Waals surface area contributed by atoms with Gasteiger partial charge in [0.2, 0.25) is 0 Å². The fourth-order valence-electron chi connectivity index (χ4n) is 6.71. The van der Waals surface area contributed by atoms with E-state index >= 15 is 0 Å². The highest BCUT2D eigenvalue weighted by molar-refractivity contribution is 5.55. The molecule has 4 nitrogen and oxygen atoms in total. The molecule has 40 heavy (non-hydrogen) atoms. The number of ether oxygens (including phenoxy) is 2. The molecule has 3 aromatic rings. The summed E-state index contributed by atoms with van der Waals surface area (Å²) in [5.41, 5.74) is 7.05. The lowest BCUT2D eigenvalue weighted by atomic mass is 9.64. The summed E-state index contributed by atoms with van der Waals surface area (Å²) in [7, 11) is 1.75. The highest BCUT2D eigenvalue weighted by Crippen LogP contribution is 2.48. The summed E-state index contributed by atoms with van der Waals surface area (Å²) in [5, 5.41) is 3.87. The summed E-state index contributed by atoms with van der Waals surface area (Å²) < 4.78 is 11.6. The number of hydrogen-bond donors (Lipinski definition) is 1. The van der Waals surface area contributed by atoms with Gasteiger partial charge in [0, 0.05) is 18.3 Å². The first kappa shape index (κ1) is 28.5. The first-order valence-corrected chi connectivity index (χ1v) is 15.4. The maximum atomic E-state index is 6.08. The fourth-order valence-corrected chi connectivity index (χ4v) is 6.71. The van der Waals surface area contributed by atoms with E-state index in [-0.39, 0.29) is 5.41 Å². The maximum Gasteiger partial charge on any atom is 0.119 e. The summed E-state index contributed by atoms with van der Waals surface area (Å²) in [4.78, 5) is 2.55. The highest BCUT2D eigenvalue weighted by Gasteiger charge is 2.37. The van der Waals surface area contributed by atoms with Crippen LogP contribution in [-0.2, 0) is 19.3 Å². The van der Waals surface area contributed by atoms with Gasteiger partial charge in [-0.2, -0.15) is 0 Å². The minimum absolute atomic E-state index is 0.156. The highest BCUT2D eigenvalue weighted by atomic mass is 16.5. The van der Waals surface area contributed by atoms with Crippen molar-refractivity contribution in [2.24, 2.45) is 5.41 Å². The number of benzene rings is 3. The second kappa shape index (κ2) is 13.1. The number of para-hydroxylation sites is 1. The van der Waals surface area contributed by atoms with Crippen LogP contribution in [0, 0.1) is 5.41 Å². The molecule has 2 unspecified atom stereocenters. The lowest BCUT2D eigenvalue weighted by molar-refractivity contribution is 0.214. The lowest BCUT2D eigenvalue weighted by Crippen LogP contribution is -2.32. The quantitative estimate of drug-likeness (QED) is 0.283. The first-order valence-electron chi connectivity index (χ1n) is 15.4. The van der Waals surface area contributed by atoms with Crippen molar-refractivity contribution in [2.45, 2.75) is 77.7 Å². The zero-order valence-corrected chi connectivity index (χ0v) is 25.0. The van der Waals surface area contributed by atoms with E-state index in [1.54, 1.807) is 7.11 Å². The Balaban J connectivity index is 1.19. The van der Waals surface area contributed by atoms with Crippen molar-refractivity contribution < 1.29 is 9.47 Å². The van der Waals surface area contributed by atoms with Gasteiger partial charge >= 0.3 is 0 Å². The van der Waals surface area contributed by atoms with Crippen LogP contribution in [0.15, 0.2) is 66.7 Å². The van der Waals surface area contributed by atoms with Crippen molar-refractivity contribution in [2.75, 3.05) is 38.7 Å². The molecule has 5 rings (SSSR count). The minimum atomic E-state index is 0.156. The van der Waals surface area contributed by atoms with Gasteiger partial charge in [0.15, 0.2) is 0 Å². The predicted molar refractivity (Wildman–Crippen MR) is 167 cm³/mol. The molecule has 1 aliphatic heterocycles. The van der Waals surface area contributed by atoms with Gasteiger partial charge in [0.25, 0.3) is 0 Å². The molecule has 2 aliphatic rings. The van der Waals surface area contributed by atoms with Crippen LogP contribution in [0.25, 0.3) is 0 Å². The Morgan fingerprint density at radius 3 is 2.38 bits per heavy atom. The zero-order valence-electron chi connectivity index (χ0n) is 25.0. The van der Waals surface area contributed by atoms with Crippen LogP contribution < -0.4 is 14.8 Å². The van der Waals surface area contributed by atoms with Crippen LogP contribution in [-0.4, -0.2) is 44.3 Å². The molecule has 1 aliphatic carbocycles. The molecule has 1 saturated heterocycles. The SMILES string of the molecule is COc1ccc2c(c1)CC(C)(C)C(c1ccccc1NC(C)Cc1ccc(OCCN3CCCCCC3)cc1)C2. The van der Waals surface area contributed by atoms with Gasteiger partial charge in [-0.1, -0.05) is 63.1 Å². The number of anilines is 1. The minimum Gasteiger partial charge on any atom is -0.497 e. The lowest BCUT2D eigenvalue weighted by Gasteiger charge is -2.41. The molecule has 1 fully saturated rings. The van der Waals surface area contributed by atoms with E-state index < -0.39 is 0 Å². The van der Waals surface area contributed by atoms with Crippen LogP contribution in [0.1, 0.15) is 74.6 Å². The zero-order chi connectivity index (χ0) is 28.0. The molecular weight excluding hydrogens is 492 g/mol. The van der Waals surface area contributed by atoms with E-state index in [0.717, 1.165) is 43.9 Å². The Morgan fingerprint density at radius 2 is 1.62 bits per heavy atom. The molecule has 3 aromatic carbocycles. The number of methoxy groups -OCH3 is 1. The number of rotatable bonds is 10. The molecule has 1 heterocycles. The summed E-state index contributed by atoms with van der Waals surface area (Å²) in [6.07, 6.45) is 8.49. The fraction of sp³-hybridized carbons (Fsp3) is 0.500. The molecule has 0 aromatic heterocycles. The summed E-state index contributed by atoms with van der Waals surface area (Å²) in [6, 6.07) is 24.6. The van der Waals surface area contributed by atoms with E-state index in [1.807, 2.05) is 0 Å². The van der Waals surface area contributed by atoms with Crippen molar-refractivity contribution in [1.29, 1.82) is 0 Å². The van der Waals surface area contributed by atoms with E-state index in [9.17, 15) is 0 Å². The number of likely N-dealkylation sites (tertiary alicyclic amines) is 1. The second-order valence-corrected chi connectivity index (χ2v) is 12.6. The van der Waals surface area contributed by atoms with Crippen molar-refractivity contribution in [3.05, 3.63) is 89.0 Å². The molecule has 0 amide bonds. The third-order valence-electron chi connectivity index (χ3n) is 9.01. The number of fused-ring (bicyclic) bond motifs is 1. The summed E-state index contributed by atoms with van der Waals surface area (Å²) in [6.45, 7) is 11.4. The van der Waals surface area contributed by atoms with Crippen LogP contribution in [0.4, 0.5) is 5.69 Å². The first-order chi connectivity index (χ1) is 19.4. The molecule has 1 N–H and O–H groups in total. The Hall–Kier alpha value is -2.98. The topological polar surface area (TPSA) is 33.7 Å². The van der Waals surface area contributed by atoms with Crippen LogP contribution in [0.5, 0.6) is 11.5 Å². The van der Waals surface area contributed by atoms with Crippen LogP contribution >= 0.6 is 0 Å². The van der Waals surface area contributed by atoms with E-state index in [0.29, 0.717) is 12.0 Å². The van der Waals surface area contributed by atoms with Crippen molar-refractivity contribution in [3.8, 4) is 11.5 Å². The van der Waals surface area contributed by atoms with Crippen LogP contribution in [0.3, 0.4) is 0 Å². The second-order valence-electron chi connectivity index (χ2n) is 12.6. The standard InChI is InChI=1S/C36H48N2O2/c1-27(23-28-13-16-31(17-14-28)40-22-21-38-19-9-5-6-10-20-38)37-35-12-8-7-11-33(35)34-25-29-15-18-32(39-4)24-30(29)26-36(34,2)3/h7-8,11-18,24,27,34,37H,5-6,9-10,19-23,25-26H2,1-4H3. The van der Waals surface area contributed by atoms with E-state index in [4.69, 9.17) is 9.47 Å². The van der Waals surface area contributed by atoms with Crippen LogP contribution in [0.2, 0.25) is 0 Å². The molecule has 4 heteroatoms. The third-order valence-corrected chi connectivity index (χ3v) is 9.01. The predicted octanol–water partition coefficient (Wildman–Crippen LogP) is 7.90. The average Bonchev–Trinajstić information content (AvgIpc) is 3.22. The number of nitrogens with one attached hydrogen (secondary N) is 1. The monoisotopic (exact) mass is 540 g/mol. The van der Waals surface area contributed by atoms with E-state index in [1.165, 1.54) is 66.7 Å². The Labute approximate surface area is 242 Å². The molecule has 0 bridgehead atoms. The molecule has 214 valence electrons. The Bertz CT molecular complexity index is 1230. The number of hydrogen-bond acceptors (Lipinski definition) is 4. The van der Waals surface area contributed by atoms with Crippen molar-refractivity contribution >= 4 is 5.69 Å². The summed E-state index contributed by atoms with van der Waals surface area (Å²) in [5.74, 6) is 2.38. The summed E-state index contributed by atoms with van der Waals surface area (Å²) >= 11 is 0. The van der Waals surface area contributed by atoms with Crippen molar-refractivity contribution in [1.82, 2.24) is 4.90 Å². The maximum absolute atomic E-state index is 6.08. The Kier molecular flexibility index (Phi) is 9.36. The van der Waals surface area contributed by atoms with Gasteiger partial charge in [-0.05, 0) is 116 Å². The van der Waals surface area contributed by atoms with Crippen molar-refractivity contribution in [3.63, 3.8) is 0 Å². The van der Waals surface area contributed by atoms with Gasteiger partial charge in [0.05, 0.1) is 7.11 Å². The normalized spacial score (nSPS) is 19.8. The Morgan fingerprint density at radius 1 is 0.900 bits per heavy atom. The van der Waals surface area contributed by atoms with Gasteiger partial charge in [-0.3, -0.25) is 4.90 Å². The van der Waals surface area contributed by atoms with Gasteiger partial charge in [0.1, 0.15) is 18.1 Å². The average molecular weight is 541 g/mol. The van der Waals surface area contributed by atoms with Gasteiger partial charge in [-0.25, -0.2) is 0 Å². The smallest absolute Gasteiger partial charge is 0.119 e. The van der Waals surface area contributed by atoms with E-state index in [2.05, 4.69) is 97.7 Å². The third kappa shape index (κ3) is 7.20. The molecule has 0 spiro atoms. The molecule has 0 radical (unpaired) electrons. The van der Waals surface area contributed by atoms with Gasteiger partial charge in [-0.15, -0.1) is 0 Å². The number of nitrogens with zero attached hydrogens (tertiary/aromatic N) is 1. The van der Waals surface area contributed by atoms with Gasteiger partial charge < -0.3 is 14.8 Å². The molecule has 2 atom stereocenters. The molecular formula is C36H48N2O2. The largest absolute Gasteiger partial charge is 0.497 e. The molecule has 0 saturated carbocycles.